The predicted molar refractivity (Wildman–Crippen MR) is 95.2 cm³/mol. The van der Waals surface area contributed by atoms with Gasteiger partial charge >= 0.3 is 0 Å². The van der Waals surface area contributed by atoms with Gasteiger partial charge in [-0.05, 0) is 54.3 Å². The summed E-state index contributed by atoms with van der Waals surface area (Å²) in [6, 6.07) is 6.29. The lowest BCUT2D eigenvalue weighted by molar-refractivity contribution is -0.113. The normalized spacial score (nSPS) is 15.4. The first-order valence-electron chi connectivity index (χ1n) is 8.42. The van der Waals surface area contributed by atoms with Crippen LogP contribution >= 0.6 is 11.8 Å². The molecule has 1 aliphatic rings. The van der Waals surface area contributed by atoms with E-state index >= 15 is 0 Å². The van der Waals surface area contributed by atoms with Crippen LogP contribution in [0.4, 0.5) is 5.69 Å². The molecule has 0 aliphatic heterocycles. The Morgan fingerprint density at radius 3 is 2.88 bits per heavy atom. The summed E-state index contributed by atoms with van der Waals surface area (Å²) < 4.78 is 1.90. The smallest absolute Gasteiger partial charge is 0.234 e. The van der Waals surface area contributed by atoms with Gasteiger partial charge in [0.05, 0.1) is 11.8 Å². The fourth-order valence-corrected chi connectivity index (χ4v) is 3.78. The van der Waals surface area contributed by atoms with E-state index in [1.807, 2.05) is 36.7 Å². The Bertz CT molecular complexity index is 709. The van der Waals surface area contributed by atoms with Crippen molar-refractivity contribution in [2.75, 3.05) is 11.1 Å². The number of tetrazole rings is 1. The number of hydrogen-bond acceptors (Lipinski definition) is 5. The van der Waals surface area contributed by atoms with Crippen LogP contribution in [0, 0.1) is 13.8 Å². The van der Waals surface area contributed by atoms with Crippen molar-refractivity contribution in [3.8, 4) is 0 Å². The molecule has 0 spiro atoms. The molecular formula is C17H23N5OS. The fourth-order valence-electron chi connectivity index (χ4n) is 3.04. The van der Waals surface area contributed by atoms with Crippen LogP contribution in [0.1, 0.15) is 49.3 Å². The summed E-state index contributed by atoms with van der Waals surface area (Å²) in [5, 5.41) is 15.7. The number of aryl methyl sites for hydroxylation is 1. The zero-order valence-corrected chi connectivity index (χ0v) is 15.0. The molecule has 3 rings (SSSR count). The van der Waals surface area contributed by atoms with Gasteiger partial charge in [-0.15, -0.1) is 5.10 Å². The lowest BCUT2D eigenvalue weighted by Crippen LogP contribution is -2.18. The third-order valence-electron chi connectivity index (χ3n) is 4.59. The third kappa shape index (κ3) is 3.95. The van der Waals surface area contributed by atoms with E-state index in [1.165, 1.54) is 36.6 Å². The number of amides is 1. The van der Waals surface area contributed by atoms with Crippen LogP contribution in [0.5, 0.6) is 0 Å². The molecule has 1 amide bonds. The Morgan fingerprint density at radius 1 is 1.29 bits per heavy atom. The topological polar surface area (TPSA) is 72.7 Å². The molecule has 1 aromatic carbocycles. The highest BCUT2D eigenvalue weighted by Crippen LogP contribution is 2.30. The van der Waals surface area contributed by atoms with Crippen LogP contribution in [0.25, 0.3) is 0 Å². The summed E-state index contributed by atoms with van der Waals surface area (Å²) in [7, 11) is 0. The van der Waals surface area contributed by atoms with Gasteiger partial charge in [0, 0.05) is 5.69 Å². The summed E-state index contributed by atoms with van der Waals surface area (Å²) in [5.74, 6) is 0.271. The fraction of sp³-hybridized carbons (Fsp3) is 0.529. The van der Waals surface area contributed by atoms with Gasteiger partial charge < -0.3 is 5.32 Å². The van der Waals surface area contributed by atoms with Gasteiger partial charge in [-0.25, -0.2) is 4.68 Å². The maximum absolute atomic E-state index is 12.2. The average Bonchev–Trinajstić information content (AvgIpc) is 3.06. The number of benzene rings is 1. The molecule has 1 aliphatic carbocycles. The maximum Gasteiger partial charge on any atom is 0.234 e. The van der Waals surface area contributed by atoms with E-state index in [1.54, 1.807) is 0 Å². The molecule has 0 saturated heterocycles. The molecule has 0 unspecified atom stereocenters. The van der Waals surface area contributed by atoms with Crippen molar-refractivity contribution >= 4 is 23.4 Å². The molecule has 0 bridgehead atoms. The Morgan fingerprint density at radius 2 is 2.08 bits per heavy atom. The van der Waals surface area contributed by atoms with Gasteiger partial charge in [0.15, 0.2) is 0 Å². The summed E-state index contributed by atoms with van der Waals surface area (Å²) in [6.45, 7) is 4.06. The van der Waals surface area contributed by atoms with Gasteiger partial charge in [-0.1, -0.05) is 43.2 Å². The zero-order chi connectivity index (χ0) is 16.9. The summed E-state index contributed by atoms with van der Waals surface area (Å²) in [4.78, 5) is 12.2. The van der Waals surface area contributed by atoms with E-state index < -0.39 is 0 Å². The Balaban J connectivity index is 1.59. The quantitative estimate of drug-likeness (QED) is 0.839. The van der Waals surface area contributed by atoms with E-state index in [2.05, 4.69) is 20.8 Å². The lowest BCUT2D eigenvalue weighted by atomic mass is 9.96. The first kappa shape index (κ1) is 17.0. The van der Waals surface area contributed by atoms with Gasteiger partial charge in [0.2, 0.25) is 11.1 Å². The van der Waals surface area contributed by atoms with Crippen molar-refractivity contribution in [1.29, 1.82) is 0 Å². The van der Waals surface area contributed by atoms with Crippen molar-refractivity contribution in [3.63, 3.8) is 0 Å². The molecular weight excluding hydrogens is 322 g/mol. The number of hydrogen-bond donors (Lipinski definition) is 1. The first-order valence-corrected chi connectivity index (χ1v) is 9.40. The molecule has 7 heteroatoms. The van der Waals surface area contributed by atoms with Crippen molar-refractivity contribution in [1.82, 2.24) is 20.2 Å². The van der Waals surface area contributed by atoms with Crippen LogP contribution < -0.4 is 5.32 Å². The van der Waals surface area contributed by atoms with Crippen molar-refractivity contribution in [3.05, 3.63) is 29.3 Å². The van der Waals surface area contributed by atoms with E-state index in [0.29, 0.717) is 11.8 Å². The van der Waals surface area contributed by atoms with Gasteiger partial charge in [0.25, 0.3) is 0 Å². The second-order valence-corrected chi connectivity index (χ2v) is 7.22. The van der Waals surface area contributed by atoms with Gasteiger partial charge in [-0.2, -0.15) is 0 Å². The number of rotatable bonds is 5. The minimum Gasteiger partial charge on any atom is -0.325 e. The molecule has 24 heavy (non-hydrogen) atoms. The molecule has 128 valence electrons. The molecule has 1 heterocycles. The first-order chi connectivity index (χ1) is 11.6. The van der Waals surface area contributed by atoms with Crippen LogP contribution in [0.2, 0.25) is 0 Å². The largest absolute Gasteiger partial charge is 0.325 e. The van der Waals surface area contributed by atoms with Gasteiger partial charge in [0.1, 0.15) is 0 Å². The molecule has 1 saturated carbocycles. The number of carbonyl (C=O) groups excluding carboxylic acids is 1. The predicted octanol–water partition coefficient (Wildman–Crippen LogP) is 3.53. The molecule has 2 aromatic rings. The zero-order valence-electron chi connectivity index (χ0n) is 14.2. The Labute approximate surface area is 146 Å². The third-order valence-corrected chi connectivity index (χ3v) is 5.53. The van der Waals surface area contributed by atoms with E-state index in [0.717, 1.165) is 29.2 Å². The van der Waals surface area contributed by atoms with Crippen molar-refractivity contribution in [2.45, 2.75) is 57.1 Å². The second-order valence-electron chi connectivity index (χ2n) is 6.28. The van der Waals surface area contributed by atoms with E-state index in [-0.39, 0.29) is 5.91 Å². The van der Waals surface area contributed by atoms with E-state index in [4.69, 9.17) is 0 Å². The SMILES string of the molecule is Cc1cccc(NC(=O)CSc2nnnn2C2CCCCC2)c1C. The lowest BCUT2D eigenvalue weighted by Gasteiger charge is -2.21. The monoisotopic (exact) mass is 345 g/mol. The number of anilines is 1. The average molecular weight is 345 g/mol. The molecule has 6 nitrogen and oxygen atoms in total. The summed E-state index contributed by atoms with van der Waals surface area (Å²) in [6.07, 6.45) is 5.98. The minimum atomic E-state index is -0.0353. The molecule has 0 radical (unpaired) electrons. The number of carbonyl (C=O) groups is 1. The summed E-state index contributed by atoms with van der Waals surface area (Å²) in [5.41, 5.74) is 3.14. The second kappa shape index (κ2) is 7.79. The maximum atomic E-state index is 12.2. The molecule has 0 atom stereocenters. The van der Waals surface area contributed by atoms with Crippen molar-refractivity contribution < 1.29 is 4.79 Å². The minimum absolute atomic E-state index is 0.0353. The molecule has 1 fully saturated rings. The molecule has 1 aromatic heterocycles. The number of nitrogens with one attached hydrogen (secondary N) is 1. The molecule has 1 N–H and O–H groups in total. The standard InChI is InChI=1S/C17H23N5OS/c1-12-7-6-10-15(13(12)2)18-16(23)11-24-17-19-20-21-22(17)14-8-4-3-5-9-14/h6-7,10,14H,3-5,8-9,11H2,1-2H3,(H,18,23). The highest BCUT2D eigenvalue weighted by atomic mass is 32.2. The van der Waals surface area contributed by atoms with Crippen LogP contribution in [-0.2, 0) is 4.79 Å². The highest BCUT2D eigenvalue weighted by Gasteiger charge is 2.20. The van der Waals surface area contributed by atoms with Gasteiger partial charge in [-0.3, -0.25) is 4.79 Å². The van der Waals surface area contributed by atoms with E-state index in [9.17, 15) is 4.79 Å². The van der Waals surface area contributed by atoms with Crippen LogP contribution in [0.3, 0.4) is 0 Å². The number of aromatic nitrogens is 4. The van der Waals surface area contributed by atoms with Crippen LogP contribution in [-0.4, -0.2) is 31.9 Å². The summed E-state index contributed by atoms with van der Waals surface area (Å²) >= 11 is 1.40. The van der Waals surface area contributed by atoms with Crippen molar-refractivity contribution in [2.24, 2.45) is 0 Å². The number of nitrogens with zero attached hydrogens (tertiary/aromatic N) is 4. The Kier molecular flexibility index (Phi) is 5.50. The Hall–Kier alpha value is -1.89. The van der Waals surface area contributed by atoms with Crippen LogP contribution in [0.15, 0.2) is 23.4 Å². The highest BCUT2D eigenvalue weighted by molar-refractivity contribution is 7.99. The number of thioether (sulfide) groups is 1.